The number of carbonyl (C=O) groups is 1. The number of hydrogen-bond donors (Lipinski definition) is 1. The number of aromatic nitrogens is 1. The number of rotatable bonds is 5. The van der Waals surface area contributed by atoms with Crippen molar-refractivity contribution >= 4 is 17.3 Å². The monoisotopic (exact) mass is 297 g/mol. The van der Waals surface area contributed by atoms with Crippen molar-refractivity contribution in [2.45, 2.75) is 64.4 Å². The van der Waals surface area contributed by atoms with Gasteiger partial charge in [-0.05, 0) is 26.2 Å². The Morgan fingerprint density at radius 2 is 1.95 bits per heavy atom. The van der Waals surface area contributed by atoms with Gasteiger partial charge in [0.05, 0.1) is 5.69 Å². The molecular weight excluding hydrogens is 274 g/mol. The summed E-state index contributed by atoms with van der Waals surface area (Å²) in [6, 6.07) is 0. The lowest BCUT2D eigenvalue weighted by atomic mass is 9.95. The number of carboxylic acids is 1. The second-order valence-corrected chi connectivity index (χ2v) is 6.29. The molecule has 1 N–H and O–H groups in total. The number of hydrogen-bond acceptors (Lipinski definition) is 4. The lowest BCUT2D eigenvalue weighted by molar-refractivity contribution is -0.0560. The lowest BCUT2D eigenvalue weighted by Gasteiger charge is -2.30. The Balaban J connectivity index is 2.40. The highest BCUT2D eigenvalue weighted by Gasteiger charge is 2.37. The Bertz CT molecular complexity index is 462. The minimum atomic E-state index is -0.870. The van der Waals surface area contributed by atoms with E-state index in [9.17, 15) is 9.90 Å². The third-order valence-electron chi connectivity index (χ3n) is 3.95. The Kier molecular flexibility index (Phi) is 5.16. The largest absolute Gasteiger partial charge is 0.477 e. The van der Waals surface area contributed by atoms with Crippen molar-refractivity contribution in [3.8, 4) is 0 Å². The minimum absolute atomic E-state index is 0.354. The summed E-state index contributed by atoms with van der Waals surface area (Å²) < 4.78 is 6.08. The van der Waals surface area contributed by atoms with Crippen LogP contribution in [0.2, 0.25) is 0 Å². The predicted molar refractivity (Wildman–Crippen MR) is 79.5 cm³/mol. The molecule has 0 amide bonds. The number of thiazole rings is 1. The van der Waals surface area contributed by atoms with E-state index in [1.807, 2.05) is 13.8 Å². The summed E-state index contributed by atoms with van der Waals surface area (Å²) in [5.41, 5.74) is 0.342. The standard InChI is InChI=1S/C15H23NO3S/c1-3-11-12(13(17)18)20-14(16-11)15(19-4-2)9-7-5-6-8-10-15/h3-10H2,1-2H3,(H,17,18). The van der Waals surface area contributed by atoms with E-state index in [2.05, 4.69) is 4.98 Å². The molecule has 0 unspecified atom stereocenters. The second kappa shape index (κ2) is 6.68. The molecule has 1 heterocycles. The van der Waals surface area contributed by atoms with Gasteiger partial charge in [0, 0.05) is 6.61 Å². The van der Waals surface area contributed by atoms with Crippen molar-refractivity contribution in [3.63, 3.8) is 0 Å². The molecule has 4 nitrogen and oxygen atoms in total. The maximum Gasteiger partial charge on any atom is 0.347 e. The van der Waals surface area contributed by atoms with Gasteiger partial charge in [-0.15, -0.1) is 11.3 Å². The Labute approximate surface area is 124 Å². The summed E-state index contributed by atoms with van der Waals surface area (Å²) >= 11 is 1.31. The van der Waals surface area contributed by atoms with Crippen LogP contribution in [0, 0.1) is 0 Å². The highest BCUT2D eigenvalue weighted by Crippen LogP contribution is 2.42. The van der Waals surface area contributed by atoms with E-state index < -0.39 is 5.97 Å². The third-order valence-corrected chi connectivity index (χ3v) is 5.22. The van der Waals surface area contributed by atoms with E-state index in [0.29, 0.717) is 23.6 Å². The molecule has 0 aromatic carbocycles. The van der Waals surface area contributed by atoms with E-state index in [1.54, 1.807) is 0 Å². The van der Waals surface area contributed by atoms with Gasteiger partial charge in [0.25, 0.3) is 0 Å². The fraction of sp³-hybridized carbons (Fsp3) is 0.733. The van der Waals surface area contributed by atoms with E-state index in [1.165, 1.54) is 24.2 Å². The molecule has 20 heavy (non-hydrogen) atoms. The first-order valence-corrected chi connectivity index (χ1v) is 8.32. The van der Waals surface area contributed by atoms with Crippen molar-refractivity contribution in [2.75, 3.05) is 6.61 Å². The number of nitrogens with zero attached hydrogens (tertiary/aromatic N) is 1. The summed E-state index contributed by atoms with van der Waals surface area (Å²) in [6.07, 6.45) is 7.28. The summed E-state index contributed by atoms with van der Waals surface area (Å²) in [5.74, 6) is -0.870. The van der Waals surface area contributed by atoms with Crippen LogP contribution in [0.25, 0.3) is 0 Å². The van der Waals surface area contributed by atoms with Gasteiger partial charge in [0.1, 0.15) is 15.5 Å². The van der Waals surface area contributed by atoms with Gasteiger partial charge in [-0.25, -0.2) is 9.78 Å². The van der Waals surface area contributed by atoms with E-state index in [-0.39, 0.29) is 5.60 Å². The third kappa shape index (κ3) is 3.04. The van der Waals surface area contributed by atoms with E-state index in [4.69, 9.17) is 4.74 Å². The van der Waals surface area contributed by atoms with Crippen LogP contribution >= 0.6 is 11.3 Å². The van der Waals surface area contributed by atoms with Gasteiger partial charge in [-0.3, -0.25) is 0 Å². The van der Waals surface area contributed by atoms with Gasteiger partial charge in [0.2, 0.25) is 0 Å². The van der Waals surface area contributed by atoms with E-state index >= 15 is 0 Å². The molecule has 0 aliphatic heterocycles. The molecule has 1 aromatic heterocycles. The van der Waals surface area contributed by atoms with Crippen LogP contribution < -0.4 is 0 Å². The summed E-state index contributed by atoms with van der Waals surface area (Å²) in [5, 5.41) is 10.2. The number of aromatic carboxylic acids is 1. The molecule has 0 bridgehead atoms. The average Bonchev–Trinajstić information content (AvgIpc) is 2.74. The molecule has 1 aromatic rings. The molecule has 5 heteroatoms. The van der Waals surface area contributed by atoms with Gasteiger partial charge in [0.15, 0.2) is 0 Å². The number of aryl methyl sites for hydroxylation is 1. The van der Waals surface area contributed by atoms with Crippen molar-refractivity contribution < 1.29 is 14.6 Å². The molecule has 1 saturated carbocycles. The van der Waals surface area contributed by atoms with Crippen molar-refractivity contribution in [1.29, 1.82) is 0 Å². The molecule has 1 fully saturated rings. The predicted octanol–water partition coefficient (Wildman–Crippen LogP) is 3.99. The van der Waals surface area contributed by atoms with Gasteiger partial charge in [-0.2, -0.15) is 0 Å². The van der Waals surface area contributed by atoms with Crippen LogP contribution in [0.3, 0.4) is 0 Å². The maximum atomic E-state index is 11.3. The molecule has 0 atom stereocenters. The first-order valence-electron chi connectivity index (χ1n) is 7.50. The van der Waals surface area contributed by atoms with Gasteiger partial charge >= 0.3 is 5.97 Å². The quantitative estimate of drug-likeness (QED) is 0.835. The zero-order valence-electron chi connectivity index (χ0n) is 12.3. The SMILES string of the molecule is CCOC1(c2nc(CC)c(C(=O)O)s2)CCCCCC1. The fourth-order valence-electron chi connectivity index (χ4n) is 2.95. The van der Waals surface area contributed by atoms with Gasteiger partial charge < -0.3 is 9.84 Å². The second-order valence-electron chi connectivity index (χ2n) is 5.30. The number of carboxylic acid groups (broad SMARTS) is 1. The summed E-state index contributed by atoms with van der Waals surface area (Å²) in [7, 11) is 0. The molecule has 0 radical (unpaired) electrons. The van der Waals surface area contributed by atoms with Crippen LogP contribution in [0.5, 0.6) is 0 Å². The Hall–Kier alpha value is -0.940. The summed E-state index contributed by atoms with van der Waals surface area (Å²) in [6.45, 7) is 4.59. The molecular formula is C15H23NO3S. The fourth-order valence-corrected chi connectivity index (χ4v) is 4.14. The smallest absolute Gasteiger partial charge is 0.347 e. The molecule has 112 valence electrons. The highest BCUT2D eigenvalue weighted by atomic mass is 32.1. The average molecular weight is 297 g/mol. The minimum Gasteiger partial charge on any atom is -0.477 e. The van der Waals surface area contributed by atoms with Crippen molar-refractivity contribution in [3.05, 3.63) is 15.6 Å². The van der Waals surface area contributed by atoms with Crippen LogP contribution in [-0.2, 0) is 16.8 Å². The maximum absolute atomic E-state index is 11.3. The first-order chi connectivity index (χ1) is 9.63. The summed E-state index contributed by atoms with van der Waals surface area (Å²) in [4.78, 5) is 16.3. The normalized spacial score (nSPS) is 18.7. The Morgan fingerprint density at radius 1 is 1.30 bits per heavy atom. The topological polar surface area (TPSA) is 59.4 Å². The zero-order chi connectivity index (χ0) is 14.6. The van der Waals surface area contributed by atoms with Crippen molar-refractivity contribution in [1.82, 2.24) is 4.98 Å². The highest BCUT2D eigenvalue weighted by molar-refractivity contribution is 7.13. The van der Waals surface area contributed by atoms with Crippen molar-refractivity contribution in [2.24, 2.45) is 0 Å². The van der Waals surface area contributed by atoms with Crippen LogP contribution in [0.4, 0.5) is 0 Å². The zero-order valence-corrected chi connectivity index (χ0v) is 13.1. The molecule has 1 aliphatic carbocycles. The molecule has 1 aliphatic rings. The van der Waals surface area contributed by atoms with Crippen LogP contribution in [0.15, 0.2) is 0 Å². The van der Waals surface area contributed by atoms with Crippen LogP contribution in [0.1, 0.15) is 72.7 Å². The molecule has 2 rings (SSSR count). The first kappa shape index (κ1) is 15.4. The van der Waals surface area contributed by atoms with Crippen LogP contribution in [-0.4, -0.2) is 22.7 Å². The molecule has 0 saturated heterocycles. The lowest BCUT2D eigenvalue weighted by Crippen LogP contribution is -2.29. The molecule has 0 spiro atoms. The van der Waals surface area contributed by atoms with E-state index in [0.717, 1.165) is 30.7 Å². The van der Waals surface area contributed by atoms with Gasteiger partial charge in [-0.1, -0.05) is 32.6 Å². The number of ether oxygens (including phenoxy) is 1. The Morgan fingerprint density at radius 3 is 2.40 bits per heavy atom.